The van der Waals surface area contributed by atoms with Gasteiger partial charge in [-0.05, 0) is 18.2 Å². The van der Waals surface area contributed by atoms with Crippen LogP contribution in [0.25, 0.3) is 11.4 Å². The molecule has 1 N–H and O–H groups in total. The maximum Gasteiger partial charge on any atom is 0.471 e. The SMILES string of the molecule is N#C[C@H](NC(=O)c1ccc(-c2noc(C(F)(F)F)n2)cc1)c1ccccc1F. The maximum atomic E-state index is 13.8. The highest BCUT2D eigenvalue weighted by Gasteiger charge is 2.38. The Balaban J connectivity index is 1.76. The smallest absolute Gasteiger partial charge is 0.332 e. The van der Waals surface area contributed by atoms with Gasteiger partial charge in [0.25, 0.3) is 5.91 Å². The summed E-state index contributed by atoms with van der Waals surface area (Å²) in [6.45, 7) is 0. The van der Waals surface area contributed by atoms with Crippen LogP contribution in [0.4, 0.5) is 17.6 Å². The van der Waals surface area contributed by atoms with Crippen LogP contribution >= 0.6 is 0 Å². The first-order valence-electron chi connectivity index (χ1n) is 7.76. The van der Waals surface area contributed by atoms with Gasteiger partial charge in [-0.15, -0.1) is 0 Å². The first kappa shape index (κ1) is 19.0. The topological polar surface area (TPSA) is 91.8 Å². The number of hydrogen-bond donors (Lipinski definition) is 1. The Bertz CT molecular complexity index is 1040. The summed E-state index contributed by atoms with van der Waals surface area (Å²) in [5.41, 5.74) is 0.322. The third-order valence-electron chi connectivity index (χ3n) is 3.69. The van der Waals surface area contributed by atoms with Crippen LogP contribution in [0.5, 0.6) is 0 Å². The second kappa shape index (κ2) is 7.48. The van der Waals surface area contributed by atoms with Gasteiger partial charge in [-0.1, -0.05) is 35.5 Å². The van der Waals surface area contributed by atoms with E-state index in [0.29, 0.717) is 0 Å². The maximum absolute atomic E-state index is 13.8. The molecule has 0 saturated heterocycles. The van der Waals surface area contributed by atoms with Gasteiger partial charge in [0, 0.05) is 16.7 Å². The fourth-order valence-corrected chi connectivity index (χ4v) is 2.33. The van der Waals surface area contributed by atoms with E-state index >= 15 is 0 Å². The van der Waals surface area contributed by atoms with E-state index in [2.05, 4.69) is 20.0 Å². The Labute approximate surface area is 155 Å². The van der Waals surface area contributed by atoms with Crippen LogP contribution in [0.3, 0.4) is 0 Å². The third kappa shape index (κ3) is 3.98. The molecular weight excluding hydrogens is 380 g/mol. The predicted octanol–water partition coefficient (Wildman–Crippen LogP) is 3.89. The molecule has 0 aliphatic heterocycles. The van der Waals surface area contributed by atoms with Gasteiger partial charge in [-0.3, -0.25) is 4.79 Å². The van der Waals surface area contributed by atoms with Crippen LogP contribution in [-0.2, 0) is 6.18 Å². The zero-order valence-electron chi connectivity index (χ0n) is 13.9. The van der Waals surface area contributed by atoms with Gasteiger partial charge in [-0.25, -0.2) is 4.39 Å². The van der Waals surface area contributed by atoms with E-state index in [1.54, 1.807) is 6.07 Å². The second-order valence-electron chi connectivity index (χ2n) is 5.56. The number of rotatable bonds is 4. The standard InChI is InChI=1S/C18H10F4N4O2/c19-13-4-2-1-3-12(13)14(9-23)24-16(27)11-7-5-10(6-8-11)15-25-17(28-26-15)18(20,21)22/h1-8,14H,(H,24,27)/t14-/m0/s1. The summed E-state index contributed by atoms with van der Waals surface area (Å²) < 4.78 is 55.5. The number of benzene rings is 2. The summed E-state index contributed by atoms with van der Waals surface area (Å²) in [5, 5.41) is 14.8. The second-order valence-corrected chi connectivity index (χ2v) is 5.56. The lowest BCUT2D eigenvalue weighted by Crippen LogP contribution is -2.28. The molecule has 1 heterocycles. The van der Waals surface area contributed by atoms with Crippen molar-refractivity contribution in [2.45, 2.75) is 12.2 Å². The molecular formula is C18H10F4N4O2. The quantitative estimate of drug-likeness (QED) is 0.683. The molecule has 3 rings (SSSR count). The van der Waals surface area contributed by atoms with Crippen molar-refractivity contribution in [2.24, 2.45) is 0 Å². The van der Waals surface area contributed by atoms with E-state index in [1.807, 2.05) is 0 Å². The van der Waals surface area contributed by atoms with Gasteiger partial charge in [-0.2, -0.15) is 23.4 Å². The minimum absolute atomic E-state index is 0.0152. The van der Waals surface area contributed by atoms with E-state index in [1.165, 1.54) is 48.5 Å². The highest BCUT2D eigenvalue weighted by Crippen LogP contribution is 2.29. The Kier molecular flexibility index (Phi) is 5.08. The third-order valence-corrected chi connectivity index (χ3v) is 3.69. The minimum atomic E-state index is -4.76. The average molecular weight is 390 g/mol. The van der Waals surface area contributed by atoms with Crippen molar-refractivity contribution >= 4 is 5.91 Å². The molecule has 1 atom stereocenters. The lowest BCUT2D eigenvalue weighted by molar-refractivity contribution is -0.159. The van der Waals surface area contributed by atoms with Crippen LogP contribution in [0.2, 0.25) is 0 Å². The lowest BCUT2D eigenvalue weighted by Gasteiger charge is -2.12. The Morgan fingerprint density at radius 2 is 1.82 bits per heavy atom. The van der Waals surface area contributed by atoms with Crippen molar-refractivity contribution in [2.75, 3.05) is 0 Å². The molecule has 2 aromatic carbocycles. The molecule has 3 aromatic rings. The molecule has 1 aromatic heterocycles. The molecule has 1 amide bonds. The number of aromatic nitrogens is 2. The zero-order valence-corrected chi connectivity index (χ0v) is 13.9. The van der Waals surface area contributed by atoms with E-state index in [0.717, 1.165) is 0 Å². The molecule has 0 fully saturated rings. The number of alkyl halides is 3. The lowest BCUT2D eigenvalue weighted by atomic mass is 10.1. The van der Waals surface area contributed by atoms with Crippen molar-refractivity contribution in [3.63, 3.8) is 0 Å². The molecule has 0 bridgehead atoms. The molecule has 0 aliphatic rings. The number of nitrogens with zero attached hydrogens (tertiary/aromatic N) is 3. The van der Waals surface area contributed by atoms with Gasteiger partial charge in [0.1, 0.15) is 11.9 Å². The minimum Gasteiger partial charge on any atom is -0.332 e. The number of carbonyl (C=O) groups excluding carboxylic acids is 1. The van der Waals surface area contributed by atoms with Gasteiger partial charge in [0.15, 0.2) is 0 Å². The zero-order chi connectivity index (χ0) is 20.3. The molecule has 0 spiro atoms. The van der Waals surface area contributed by atoms with Crippen LogP contribution in [-0.4, -0.2) is 16.0 Å². The molecule has 10 heteroatoms. The molecule has 142 valence electrons. The first-order chi connectivity index (χ1) is 13.3. The van der Waals surface area contributed by atoms with Crippen LogP contribution < -0.4 is 5.32 Å². The first-order valence-corrected chi connectivity index (χ1v) is 7.76. The number of amides is 1. The summed E-state index contributed by atoms with van der Waals surface area (Å²) in [6, 6.07) is 11.4. The van der Waals surface area contributed by atoms with Gasteiger partial charge >= 0.3 is 12.1 Å². The fourth-order valence-electron chi connectivity index (χ4n) is 2.33. The van der Waals surface area contributed by atoms with E-state index in [-0.39, 0.29) is 22.5 Å². The average Bonchev–Trinajstić information content (AvgIpc) is 3.17. The molecule has 0 unspecified atom stereocenters. The van der Waals surface area contributed by atoms with E-state index in [4.69, 9.17) is 0 Å². The molecule has 28 heavy (non-hydrogen) atoms. The number of nitriles is 1. The van der Waals surface area contributed by atoms with Crippen molar-refractivity contribution in [3.05, 3.63) is 71.4 Å². The Hall–Kier alpha value is -3.74. The number of hydrogen-bond acceptors (Lipinski definition) is 5. The Morgan fingerprint density at radius 1 is 1.14 bits per heavy atom. The largest absolute Gasteiger partial charge is 0.471 e. The van der Waals surface area contributed by atoms with Crippen LogP contribution in [0.15, 0.2) is 53.1 Å². The summed E-state index contributed by atoms with van der Waals surface area (Å²) in [5.74, 6) is -3.07. The number of carbonyl (C=O) groups is 1. The normalized spacial score (nSPS) is 12.2. The van der Waals surface area contributed by atoms with E-state index < -0.39 is 29.8 Å². The van der Waals surface area contributed by atoms with Crippen LogP contribution in [0.1, 0.15) is 27.9 Å². The van der Waals surface area contributed by atoms with Gasteiger partial charge in [0.2, 0.25) is 5.82 Å². The summed E-state index contributed by atoms with van der Waals surface area (Å²) in [6.07, 6.45) is -4.76. The van der Waals surface area contributed by atoms with Gasteiger partial charge in [0.05, 0.1) is 6.07 Å². The van der Waals surface area contributed by atoms with Crippen LogP contribution in [0, 0.1) is 17.1 Å². The van der Waals surface area contributed by atoms with Crippen molar-refractivity contribution < 1.29 is 26.9 Å². The highest BCUT2D eigenvalue weighted by molar-refractivity contribution is 5.95. The Morgan fingerprint density at radius 3 is 2.39 bits per heavy atom. The highest BCUT2D eigenvalue weighted by atomic mass is 19.4. The summed E-state index contributed by atoms with van der Waals surface area (Å²) in [4.78, 5) is 15.5. The van der Waals surface area contributed by atoms with Crippen molar-refractivity contribution in [1.29, 1.82) is 5.26 Å². The molecule has 0 radical (unpaired) electrons. The van der Waals surface area contributed by atoms with Gasteiger partial charge < -0.3 is 9.84 Å². The fraction of sp³-hybridized carbons (Fsp3) is 0.111. The predicted molar refractivity (Wildman–Crippen MR) is 87.0 cm³/mol. The van der Waals surface area contributed by atoms with Crippen molar-refractivity contribution in [1.82, 2.24) is 15.5 Å². The molecule has 6 nitrogen and oxygen atoms in total. The molecule has 0 aliphatic carbocycles. The number of halogens is 4. The van der Waals surface area contributed by atoms with Crippen molar-refractivity contribution in [3.8, 4) is 17.5 Å². The van der Waals surface area contributed by atoms with E-state index in [9.17, 15) is 27.6 Å². The summed E-state index contributed by atoms with van der Waals surface area (Å²) in [7, 11) is 0. The molecule has 0 saturated carbocycles. The monoisotopic (exact) mass is 390 g/mol. The summed E-state index contributed by atoms with van der Waals surface area (Å²) >= 11 is 0. The number of nitrogens with one attached hydrogen (secondary N) is 1.